The molecule has 0 radical (unpaired) electrons. The number of rotatable bonds is 3. The van der Waals surface area contributed by atoms with Crippen molar-refractivity contribution in [2.75, 3.05) is 20.1 Å². The molecule has 0 aliphatic carbocycles. The molecule has 1 saturated heterocycles. The number of likely N-dealkylation sites (tertiary alicyclic amines) is 1. The summed E-state index contributed by atoms with van der Waals surface area (Å²) in [6.45, 7) is 11.8. The summed E-state index contributed by atoms with van der Waals surface area (Å²) in [6, 6.07) is 0.733. The highest BCUT2D eigenvalue weighted by molar-refractivity contribution is 4.89. The largest absolute Gasteiger partial charge is 0.314 e. The SMILES string of the molecule is CNC1(C)CCN(C(C)C(C)C)CC1. The summed E-state index contributed by atoms with van der Waals surface area (Å²) >= 11 is 0. The fourth-order valence-electron chi connectivity index (χ4n) is 2.10. The summed E-state index contributed by atoms with van der Waals surface area (Å²) in [5.41, 5.74) is 0.382. The molecule has 1 aliphatic heterocycles. The molecule has 0 amide bonds. The Hall–Kier alpha value is -0.0800. The molecule has 1 heterocycles. The van der Waals surface area contributed by atoms with Crippen LogP contribution in [0.15, 0.2) is 0 Å². The average Bonchev–Trinajstić information content (AvgIpc) is 2.18. The highest BCUT2D eigenvalue weighted by Gasteiger charge is 2.30. The summed E-state index contributed by atoms with van der Waals surface area (Å²) < 4.78 is 0. The fourth-order valence-corrected chi connectivity index (χ4v) is 2.10. The van der Waals surface area contributed by atoms with E-state index in [1.165, 1.54) is 25.9 Å². The van der Waals surface area contributed by atoms with Gasteiger partial charge in [0.2, 0.25) is 0 Å². The second-order valence-electron chi connectivity index (χ2n) is 5.33. The van der Waals surface area contributed by atoms with Gasteiger partial charge in [0.05, 0.1) is 0 Å². The lowest BCUT2D eigenvalue weighted by Gasteiger charge is -2.42. The third kappa shape index (κ3) is 2.71. The molecule has 0 saturated carbocycles. The van der Waals surface area contributed by atoms with E-state index in [1.54, 1.807) is 0 Å². The number of hydrogen-bond acceptors (Lipinski definition) is 2. The van der Waals surface area contributed by atoms with Crippen molar-refractivity contribution >= 4 is 0 Å². The molecule has 84 valence electrons. The maximum absolute atomic E-state index is 3.44. The van der Waals surface area contributed by atoms with Gasteiger partial charge in [0.25, 0.3) is 0 Å². The van der Waals surface area contributed by atoms with E-state index in [0.717, 1.165) is 12.0 Å². The van der Waals surface area contributed by atoms with Crippen LogP contribution < -0.4 is 5.32 Å². The smallest absolute Gasteiger partial charge is 0.0174 e. The van der Waals surface area contributed by atoms with Gasteiger partial charge in [-0.3, -0.25) is 0 Å². The Morgan fingerprint density at radius 3 is 2.00 bits per heavy atom. The molecule has 0 spiro atoms. The molecule has 1 unspecified atom stereocenters. The van der Waals surface area contributed by atoms with Crippen LogP contribution in [0.4, 0.5) is 0 Å². The summed E-state index contributed by atoms with van der Waals surface area (Å²) in [5, 5.41) is 3.44. The first-order valence-corrected chi connectivity index (χ1v) is 5.91. The van der Waals surface area contributed by atoms with Gasteiger partial charge in [-0.05, 0) is 39.7 Å². The first-order valence-electron chi connectivity index (χ1n) is 5.91. The van der Waals surface area contributed by atoms with Crippen molar-refractivity contribution in [3.63, 3.8) is 0 Å². The van der Waals surface area contributed by atoms with Crippen LogP contribution in [0.2, 0.25) is 0 Å². The zero-order valence-electron chi connectivity index (χ0n) is 10.4. The van der Waals surface area contributed by atoms with Crippen LogP contribution in [0.3, 0.4) is 0 Å². The minimum Gasteiger partial charge on any atom is -0.314 e. The lowest BCUT2D eigenvalue weighted by Crippen LogP contribution is -2.52. The van der Waals surface area contributed by atoms with Crippen molar-refractivity contribution in [2.45, 2.75) is 52.1 Å². The predicted octanol–water partition coefficient (Wildman–Crippen LogP) is 2.10. The Bertz CT molecular complexity index is 169. The maximum Gasteiger partial charge on any atom is 0.0174 e. The van der Waals surface area contributed by atoms with E-state index in [2.05, 4.69) is 45.0 Å². The Kier molecular flexibility index (Phi) is 3.96. The van der Waals surface area contributed by atoms with Gasteiger partial charge in [0.1, 0.15) is 0 Å². The van der Waals surface area contributed by atoms with E-state index in [0.29, 0.717) is 5.54 Å². The molecular formula is C12H26N2. The van der Waals surface area contributed by atoms with Gasteiger partial charge in [0.15, 0.2) is 0 Å². The quantitative estimate of drug-likeness (QED) is 0.747. The Balaban J connectivity index is 2.43. The van der Waals surface area contributed by atoms with Crippen LogP contribution in [0.5, 0.6) is 0 Å². The van der Waals surface area contributed by atoms with E-state index in [1.807, 2.05) is 0 Å². The van der Waals surface area contributed by atoms with Gasteiger partial charge in [-0.15, -0.1) is 0 Å². The maximum atomic E-state index is 3.44. The molecule has 2 heteroatoms. The molecule has 1 N–H and O–H groups in total. The molecule has 1 atom stereocenters. The second kappa shape index (κ2) is 4.63. The van der Waals surface area contributed by atoms with Crippen molar-refractivity contribution in [3.8, 4) is 0 Å². The van der Waals surface area contributed by atoms with Gasteiger partial charge >= 0.3 is 0 Å². The monoisotopic (exact) mass is 198 g/mol. The highest BCUT2D eigenvalue weighted by atomic mass is 15.2. The summed E-state index contributed by atoms with van der Waals surface area (Å²) in [7, 11) is 2.08. The fraction of sp³-hybridized carbons (Fsp3) is 1.00. The second-order valence-corrected chi connectivity index (χ2v) is 5.33. The van der Waals surface area contributed by atoms with Crippen LogP contribution in [0, 0.1) is 5.92 Å². The first-order chi connectivity index (χ1) is 6.48. The summed E-state index contributed by atoms with van der Waals surface area (Å²) in [4.78, 5) is 2.63. The third-order valence-corrected chi connectivity index (χ3v) is 4.05. The molecular weight excluding hydrogens is 172 g/mol. The predicted molar refractivity (Wildman–Crippen MR) is 62.6 cm³/mol. The molecule has 14 heavy (non-hydrogen) atoms. The Labute approximate surface area is 89.1 Å². The minimum absolute atomic E-state index is 0.382. The van der Waals surface area contributed by atoms with Gasteiger partial charge < -0.3 is 10.2 Å². The lowest BCUT2D eigenvalue weighted by molar-refractivity contribution is 0.0959. The molecule has 1 fully saturated rings. The van der Waals surface area contributed by atoms with E-state index in [9.17, 15) is 0 Å². The first kappa shape index (κ1) is 12.0. The molecule has 0 aromatic heterocycles. The van der Waals surface area contributed by atoms with Gasteiger partial charge in [0, 0.05) is 24.7 Å². The minimum atomic E-state index is 0.382. The third-order valence-electron chi connectivity index (χ3n) is 4.05. The van der Waals surface area contributed by atoms with Crippen molar-refractivity contribution in [3.05, 3.63) is 0 Å². The topological polar surface area (TPSA) is 15.3 Å². The number of hydrogen-bond donors (Lipinski definition) is 1. The van der Waals surface area contributed by atoms with Crippen LogP contribution >= 0.6 is 0 Å². The lowest BCUT2D eigenvalue weighted by atomic mass is 9.88. The number of piperidine rings is 1. The van der Waals surface area contributed by atoms with Crippen LogP contribution in [-0.4, -0.2) is 36.6 Å². The number of nitrogens with zero attached hydrogens (tertiary/aromatic N) is 1. The van der Waals surface area contributed by atoms with Crippen molar-refractivity contribution in [1.82, 2.24) is 10.2 Å². The zero-order chi connectivity index (χ0) is 10.8. The van der Waals surface area contributed by atoms with Crippen LogP contribution in [0.25, 0.3) is 0 Å². The van der Waals surface area contributed by atoms with Gasteiger partial charge in [-0.1, -0.05) is 13.8 Å². The van der Waals surface area contributed by atoms with E-state index < -0.39 is 0 Å². The summed E-state index contributed by atoms with van der Waals surface area (Å²) in [5.74, 6) is 0.772. The van der Waals surface area contributed by atoms with E-state index in [-0.39, 0.29) is 0 Å². The molecule has 0 bridgehead atoms. The highest BCUT2D eigenvalue weighted by Crippen LogP contribution is 2.24. The molecule has 1 aliphatic rings. The Morgan fingerprint density at radius 2 is 1.64 bits per heavy atom. The van der Waals surface area contributed by atoms with Crippen LogP contribution in [0.1, 0.15) is 40.5 Å². The van der Waals surface area contributed by atoms with Gasteiger partial charge in [-0.25, -0.2) is 0 Å². The molecule has 2 nitrogen and oxygen atoms in total. The molecule has 0 aromatic carbocycles. The normalized spacial score (nSPS) is 25.3. The van der Waals surface area contributed by atoms with Crippen LogP contribution in [-0.2, 0) is 0 Å². The van der Waals surface area contributed by atoms with Gasteiger partial charge in [-0.2, -0.15) is 0 Å². The Morgan fingerprint density at radius 1 is 1.14 bits per heavy atom. The van der Waals surface area contributed by atoms with Crippen molar-refractivity contribution < 1.29 is 0 Å². The van der Waals surface area contributed by atoms with E-state index >= 15 is 0 Å². The van der Waals surface area contributed by atoms with Crippen molar-refractivity contribution in [2.24, 2.45) is 5.92 Å². The number of nitrogens with one attached hydrogen (secondary N) is 1. The van der Waals surface area contributed by atoms with E-state index in [4.69, 9.17) is 0 Å². The molecule has 0 aromatic rings. The molecule has 1 rings (SSSR count). The standard InChI is InChI=1S/C12H26N2/c1-10(2)11(3)14-8-6-12(4,13-5)7-9-14/h10-11,13H,6-9H2,1-5H3. The van der Waals surface area contributed by atoms with Crippen molar-refractivity contribution in [1.29, 1.82) is 0 Å². The summed E-state index contributed by atoms with van der Waals surface area (Å²) in [6.07, 6.45) is 2.56. The zero-order valence-corrected chi connectivity index (χ0v) is 10.4. The average molecular weight is 198 g/mol.